The van der Waals surface area contributed by atoms with Crippen LogP contribution in [0.1, 0.15) is 96.8 Å². The van der Waals surface area contributed by atoms with Crippen LogP contribution in [-0.4, -0.2) is 23.1 Å². The van der Waals surface area contributed by atoms with E-state index in [0.717, 1.165) is 6.42 Å². The van der Waals surface area contributed by atoms with Crippen molar-refractivity contribution in [2.75, 3.05) is 0 Å². The molecule has 0 atom stereocenters. The molecule has 0 aliphatic carbocycles. The SMILES string of the molecule is [Br-].[CH2-]CCCCCCCCCCCCCCC.[Mg+2]. The van der Waals surface area contributed by atoms with E-state index in [4.69, 9.17) is 0 Å². The van der Waals surface area contributed by atoms with Crippen LogP contribution < -0.4 is 17.0 Å². The zero-order valence-corrected chi connectivity index (χ0v) is 15.7. The summed E-state index contributed by atoms with van der Waals surface area (Å²) in [5, 5.41) is 0. The first-order valence-electron chi connectivity index (χ1n) is 7.71. The van der Waals surface area contributed by atoms with Crippen LogP contribution in [0.15, 0.2) is 0 Å². The zero-order chi connectivity index (χ0) is 11.9. The number of rotatable bonds is 13. The van der Waals surface area contributed by atoms with Crippen molar-refractivity contribution >= 4 is 23.1 Å². The quantitative estimate of drug-likeness (QED) is 0.277. The Morgan fingerprint density at radius 2 is 0.833 bits per heavy atom. The summed E-state index contributed by atoms with van der Waals surface area (Å²) in [7, 11) is 0. The molecule has 0 N–H and O–H groups in total. The van der Waals surface area contributed by atoms with E-state index >= 15 is 0 Å². The molecule has 0 unspecified atom stereocenters. The van der Waals surface area contributed by atoms with Gasteiger partial charge < -0.3 is 23.9 Å². The fourth-order valence-corrected chi connectivity index (χ4v) is 2.19. The largest absolute Gasteiger partial charge is 2.00 e. The van der Waals surface area contributed by atoms with Crippen LogP contribution in [0, 0.1) is 6.92 Å². The molecule has 0 radical (unpaired) electrons. The van der Waals surface area contributed by atoms with Gasteiger partial charge in [-0.2, -0.15) is 6.42 Å². The van der Waals surface area contributed by atoms with Gasteiger partial charge in [-0.15, -0.1) is 0 Å². The Bertz CT molecular complexity index is 104. The average molecular weight is 330 g/mol. The molecule has 18 heavy (non-hydrogen) atoms. The molecule has 0 aromatic rings. The van der Waals surface area contributed by atoms with Gasteiger partial charge in [0.05, 0.1) is 0 Å². The first kappa shape index (κ1) is 24.3. The molecular formula is C16H33BrMg. The molecule has 0 saturated carbocycles. The Balaban J connectivity index is -0.00000112. The average Bonchev–Trinajstić information content (AvgIpc) is 2.31. The van der Waals surface area contributed by atoms with Gasteiger partial charge in [0.1, 0.15) is 0 Å². The predicted molar refractivity (Wildman–Crippen MR) is 81.4 cm³/mol. The molecule has 0 saturated heterocycles. The van der Waals surface area contributed by atoms with Gasteiger partial charge in [0.2, 0.25) is 0 Å². The van der Waals surface area contributed by atoms with Gasteiger partial charge in [0.15, 0.2) is 0 Å². The summed E-state index contributed by atoms with van der Waals surface area (Å²) in [5.74, 6) is 0. The number of unbranched alkanes of at least 4 members (excludes halogenated alkanes) is 13. The minimum atomic E-state index is 0. The third-order valence-corrected chi connectivity index (χ3v) is 3.35. The number of halogens is 1. The first-order chi connectivity index (χ1) is 7.91. The summed E-state index contributed by atoms with van der Waals surface area (Å²) in [4.78, 5) is 0. The summed E-state index contributed by atoms with van der Waals surface area (Å²) >= 11 is 0. The maximum absolute atomic E-state index is 3.87. The minimum absolute atomic E-state index is 0. The summed E-state index contributed by atoms with van der Waals surface area (Å²) in [5.41, 5.74) is 0. The normalized spacial score (nSPS) is 9.67. The summed E-state index contributed by atoms with van der Waals surface area (Å²) in [6.07, 6.45) is 19.8. The zero-order valence-electron chi connectivity index (χ0n) is 12.7. The Kier molecular flexibility index (Phi) is 31.5. The van der Waals surface area contributed by atoms with Crippen molar-refractivity contribution in [1.29, 1.82) is 0 Å². The van der Waals surface area contributed by atoms with E-state index in [2.05, 4.69) is 13.8 Å². The monoisotopic (exact) mass is 328 g/mol. The molecule has 2 heteroatoms. The second-order valence-corrected chi connectivity index (χ2v) is 5.10. The first-order valence-corrected chi connectivity index (χ1v) is 7.71. The van der Waals surface area contributed by atoms with E-state index in [-0.39, 0.29) is 40.0 Å². The third-order valence-electron chi connectivity index (χ3n) is 3.35. The molecule has 0 amide bonds. The third kappa shape index (κ3) is 22.4. The van der Waals surface area contributed by atoms with Gasteiger partial charge in [-0.1, -0.05) is 90.4 Å². The molecule has 0 bridgehead atoms. The minimum Gasteiger partial charge on any atom is -1.00 e. The van der Waals surface area contributed by atoms with Gasteiger partial charge in [-0.3, -0.25) is 0 Å². The van der Waals surface area contributed by atoms with Crippen LogP contribution in [0.5, 0.6) is 0 Å². The summed E-state index contributed by atoms with van der Waals surface area (Å²) < 4.78 is 0. The maximum Gasteiger partial charge on any atom is 2.00 e. The van der Waals surface area contributed by atoms with E-state index in [1.807, 2.05) is 0 Å². The molecule has 0 aromatic heterocycles. The molecule has 106 valence electrons. The molecule has 0 heterocycles. The predicted octanol–water partition coefficient (Wildman–Crippen LogP) is 2.92. The van der Waals surface area contributed by atoms with Gasteiger partial charge in [-0.25, -0.2) is 0 Å². The summed E-state index contributed by atoms with van der Waals surface area (Å²) in [6, 6.07) is 0. The Hall–Kier alpha value is 1.25. The van der Waals surface area contributed by atoms with Gasteiger partial charge in [0.25, 0.3) is 0 Å². The van der Waals surface area contributed by atoms with Crippen LogP contribution in [0.25, 0.3) is 0 Å². The van der Waals surface area contributed by atoms with E-state index in [9.17, 15) is 0 Å². The molecule has 0 nitrogen and oxygen atoms in total. The van der Waals surface area contributed by atoms with Crippen molar-refractivity contribution in [1.82, 2.24) is 0 Å². The molecule has 0 aliphatic rings. The van der Waals surface area contributed by atoms with Crippen molar-refractivity contribution in [3.05, 3.63) is 6.92 Å². The molecule has 0 aliphatic heterocycles. The Labute approximate surface area is 143 Å². The topological polar surface area (TPSA) is 0 Å². The molecule has 0 fully saturated rings. The van der Waals surface area contributed by atoms with E-state index in [0.29, 0.717) is 0 Å². The van der Waals surface area contributed by atoms with E-state index < -0.39 is 0 Å². The van der Waals surface area contributed by atoms with Crippen molar-refractivity contribution in [3.8, 4) is 0 Å². The van der Waals surface area contributed by atoms with E-state index in [1.165, 1.54) is 83.5 Å². The summed E-state index contributed by atoms with van der Waals surface area (Å²) in [6.45, 7) is 6.16. The van der Waals surface area contributed by atoms with Crippen LogP contribution in [0.3, 0.4) is 0 Å². The van der Waals surface area contributed by atoms with Crippen molar-refractivity contribution < 1.29 is 17.0 Å². The number of hydrogen-bond acceptors (Lipinski definition) is 0. The fraction of sp³-hybridized carbons (Fsp3) is 0.938. The van der Waals surface area contributed by atoms with Crippen molar-refractivity contribution in [2.45, 2.75) is 96.8 Å². The second kappa shape index (κ2) is 23.3. The van der Waals surface area contributed by atoms with Crippen LogP contribution >= 0.6 is 0 Å². The maximum atomic E-state index is 3.87. The van der Waals surface area contributed by atoms with Gasteiger partial charge in [0, 0.05) is 0 Å². The van der Waals surface area contributed by atoms with E-state index in [1.54, 1.807) is 0 Å². The Morgan fingerprint density at radius 3 is 1.11 bits per heavy atom. The molecular weight excluding hydrogens is 296 g/mol. The van der Waals surface area contributed by atoms with Gasteiger partial charge in [-0.05, 0) is 0 Å². The molecule has 0 rings (SSSR count). The van der Waals surface area contributed by atoms with Crippen LogP contribution in [0.4, 0.5) is 0 Å². The van der Waals surface area contributed by atoms with Crippen LogP contribution in [0.2, 0.25) is 0 Å². The standard InChI is InChI=1S/C16H33.BrH.Mg/c1-3-5-7-9-11-13-15-16-14-12-10-8-6-4-2;;/h1,3-16H2,2H3;1H;/q-1;;+2/p-1. The van der Waals surface area contributed by atoms with Crippen LogP contribution in [-0.2, 0) is 0 Å². The molecule has 0 spiro atoms. The smallest absolute Gasteiger partial charge is 1.00 e. The fourth-order valence-electron chi connectivity index (χ4n) is 2.19. The van der Waals surface area contributed by atoms with Gasteiger partial charge >= 0.3 is 23.1 Å². The van der Waals surface area contributed by atoms with Crippen molar-refractivity contribution in [3.63, 3.8) is 0 Å². The van der Waals surface area contributed by atoms with Crippen molar-refractivity contribution in [2.24, 2.45) is 0 Å². The number of hydrogen-bond donors (Lipinski definition) is 0. The Morgan fingerprint density at radius 1 is 0.556 bits per heavy atom. The second-order valence-electron chi connectivity index (χ2n) is 5.10. The molecule has 0 aromatic carbocycles.